The van der Waals surface area contributed by atoms with E-state index in [1.807, 2.05) is 12.1 Å². The fraction of sp³-hybridized carbons (Fsp3) is 0.474. The summed E-state index contributed by atoms with van der Waals surface area (Å²) in [5.41, 5.74) is 3.59. The normalized spacial score (nSPS) is 25.8. The van der Waals surface area contributed by atoms with Crippen molar-refractivity contribution in [2.45, 2.75) is 37.3 Å². The number of aliphatic hydroxyl groups is 1. The minimum Gasteiger partial charge on any atom is -0.394 e. The zero-order valence-corrected chi connectivity index (χ0v) is 13.8. The Morgan fingerprint density at radius 2 is 2.17 bits per heavy atom. The van der Waals surface area contributed by atoms with E-state index in [1.54, 1.807) is 0 Å². The van der Waals surface area contributed by atoms with Crippen LogP contribution in [0.5, 0.6) is 0 Å². The molecule has 1 aromatic carbocycles. The molecule has 3 rings (SSSR count). The molecule has 3 atom stereocenters. The Kier molecular flexibility index (Phi) is 4.98. The average Bonchev–Trinajstić information content (AvgIpc) is 3.10. The van der Waals surface area contributed by atoms with Crippen molar-refractivity contribution < 1.29 is 14.6 Å². The van der Waals surface area contributed by atoms with Gasteiger partial charge in [0.2, 0.25) is 5.91 Å². The molecule has 1 amide bonds. The van der Waals surface area contributed by atoms with Crippen LogP contribution in [-0.2, 0) is 9.53 Å². The van der Waals surface area contributed by atoms with Crippen LogP contribution in [0, 0.1) is 11.3 Å². The lowest BCUT2D eigenvalue weighted by molar-refractivity contribution is -0.150. The molecule has 1 heterocycles. The lowest BCUT2D eigenvalue weighted by atomic mass is 9.75. The number of carbonyl (C=O) groups is 1. The number of likely N-dealkylation sites (tertiary alicyclic amines) is 1. The summed E-state index contributed by atoms with van der Waals surface area (Å²) in [6.07, 6.45) is 5.74. The van der Waals surface area contributed by atoms with E-state index in [1.165, 1.54) is 29.6 Å². The maximum Gasteiger partial charge on any atom is 0.249 e. The number of hydrogen-bond donors (Lipinski definition) is 1. The molecule has 0 spiro atoms. The molecule has 0 unspecified atom stereocenters. The first-order chi connectivity index (χ1) is 11.7. The monoisotopic (exact) mass is 326 g/mol. The topological polar surface area (TPSA) is 73.6 Å². The first-order valence-corrected chi connectivity index (χ1v) is 8.31. The van der Waals surface area contributed by atoms with E-state index in [4.69, 9.17) is 4.74 Å². The molecule has 1 saturated heterocycles. The number of amides is 1. The molecule has 1 fully saturated rings. The lowest BCUT2D eigenvalue weighted by Crippen LogP contribution is -2.65. The van der Waals surface area contributed by atoms with Gasteiger partial charge in [-0.1, -0.05) is 30.3 Å². The molecule has 126 valence electrons. The highest BCUT2D eigenvalue weighted by Gasteiger charge is 2.51. The molecule has 0 radical (unpaired) electrons. The Morgan fingerprint density at radius 1 is 1.42 bits per heavy atom. The number of rotatable bonds is 5. The molecule has 2 aliphatic rings. The second-order valence-electron chi connectivity index (χ2n) is 6.33. The number of aliphatic hydroxyl groups excluding tert-OH is 1. The van der Waals surface area contributed by atoms with Crippen LogP contribution in [0.25, 0.3) is 5.57 Å². The maximum absolute atomic E-state index is 12.1. The van der Waals surface area contributed by atoms with E-state index in [-0.39, 0.29) is 31.1 Å². The Bertz CT molecular complexity index is 675. The predicted octanol–water partition coefficient (Wildman–Crippen LogP) is 2.08. The number of nitriles is 1. The summed E-state index contributed by atoms with van der Waals surface area (Å²) >= 11 is 0. The smallest absolute Gasteiger partial charge is 0.249 e. The third kappa shape index (κ3) is 2.83. The SMILES string of the molecule is COCC(=O)N1[C@H](C#N)[C@H](c2ccc(C3=CCCC3)cc2)[C@@H]1CO. The Morgan fingerprint density at radius 3 is 2.71 bits per heavy atom. The van der Waals surface area contributed by atoms with Gasteiger partial charge in [-0.05, 0) is 36.0 Å². The minimum absolute atomic E-state index is 0.0749. The van der Waals surface area contributed by atoms with E-state index < -0.39 is 6.04 Å². The molecule has 5 heteroatoms. The van der Waals surface area contributed by atoms with E-state index in [2.05, 4.69) is 24.3 Å². The van der Waals surface area contributed by atoms with Crippen molar-refractivity contribution in [1.82, 2.24) is 4.90 Å². The van der Waals surface area contributed by atoms with E-state index in [0.29, 0.717) is 0 Å². The summed E-state index contributed by atoms with van der Waals surface area (Å²) in [6, 6.07) is 9.47. The number of methoxy groups -OCH3 is 1. The van der Waals surface area contributed by atoms with Gasteiger partial charge in [0.25, 0.3) is 0 Å². The number of benzene rings is 1. The van der Waals surface area contributed by atoms with Gasteiger partial charge in [0.15, 0.2) is 0 Å². The van der Waals surface area contributed by atoms with Gasteiger partial charge in [0.05, 0.1) is 18.7 Å². The van der Waals surface area contributed by atoms with Crippen molar-refractivity contribution in [2.75, 3.05) is 20.3 Å². The van der Waals surface area contributed by atoms with Crippen LogP contribution < -0.4 is 0 Å². The molecule has 0 bridgehead atoms. The summed E-state index contributed by atoms with van der Waals surface area (Å²) < 4.78 is 4.87. The van der Waals surface area contributed by atoms with Crippen LogP contribution in [0.3, 0.4) is 0 Å². The first kappa shape index (κ1) is 16.7. The molecule has 1 aliphatic heterocycles. The third-order valence-corrected chi connectivity index (χ3v) is 4.99. The first-order valence-electron chi connectivity index (χ1n) is 8.31. The van der Waals surface area contributed by atoms with Crippen molar-refractivity contribution in [3.63, 3.8) is 0 Å². The van der Waals surface area contributed by atoms with Gasteiger partial charge in [-0.3, -0.25) is 4.79 Å². The van der Waals surface area contributed by atoms with Gasteiger partial charge in [-0.25, -0.2) is 0 Å². The summed E-state index contributed by atoms with van der Waals surface area (Å²) in [4.78, 5) is 13.5. The molecular formula is C19H22N2O3. The zero-order chi connectivity index (χ0) is 17.1. The van der Waals surface area contributed by atoms with Crippen LogP contribution >= 0.6 is 0 Å². The predicted molar refractivity (Wildman–Crippen MR) is 90.0 cm³/mol. The third-order valence-electron chi connectivity index (χ3n) is 4.99. The van der Waals surface area contributed by atoms with Gasteiger partial charge in [0.1, 0.15) is 12.6 Å². The molecule has 1 N–H and O–H groups in total. The highest BCUT2D eigenvalue weighted by atomic mass is 16.5. The zero-order valence-electron chi connectivity index (χ0n) is 13.8. The highest BCUT2D eigenvalue weighted by molar-refractivity contribution is 5.80. The largest absolute Gasteiger partial charge is 0.394 e. The van der Waals surface area contributed by atoms with Crippen molar-refractivity contribution in [3.05, 3.63) is 41.5 Å². The fourth-order valence-corrected chi connectivity index (χ4v) is 3.80. The van der Waals surface area contributed by atoms with Gasteiger partial charge in [0, 0.05) is 13.0 Å². The van der Waals surface area contributed by atoms with Crippen molar-refractivity contribution in [2.24, 2.45) is 0 Å². The van der Waals surface area contributed by atoms with Crippen LogP contribution in [0.1, 0.15) is 36.3 Å². The van der Waals surface area contributed by atoms with E-state index in [9.17, 15) is 15.2 Å². The number of nitrogens with zero attached hydrogens (tertiary/aromatic N) is 2. The van der Waals surface area contributed by atoms with Crippen molar-refractivity contribution >= 4 is 11.5 Å². The minimum atomic E-state index is -0.554. The van der Waals surface area contributed by atoms with Crippen molar-refractivity contribution in [3.8, 4) is 6.07 Å². The summed E-state index contributed by atoms with van der Waals surface area (Å²) in [6.45, 7) is -0.236. The van der Waals surface area contributed by atoms with Crippen LogP contribution in [-0.4, -0.2) is 48.3 Å². The Labute approximate surface area is 142 Å². The number of hydrogen-bond acceptors (Lipinski definition) is 4. The van der Waals surface area contributed by atoms with Gasteiger partial charge in [-0.2, -0.15) is 5.26 Å². The molecule has 0 saturated carbocycles. The molecule has 24 heavy (non-hydrogen) atoms. The number of allylic oxidation sites excluding steroid dienone is 2. The van der Waals surface area contributed by atoms with Crippen LogP contribution in [0.2, 0.25) is 0 Å². The summed E-state index contributed by atoms with van der Waals surface area (Å²) in [5, 5.41) is 19.2. The summed E-state index contributed by atoms with van der Waals surface area (Å²) in [5.74, 6) is -0.417. The Balaban J connectivity index is 1.80. The Hall–Kier alpha value is -2.16. The van der Waals surface area contributed by atoms with Crippen LogP contribution in [0.4, 0.5) is 0 Å². The molecule has 5 nitrogen and oxygen atoms in total. The molecular weight excluding hydrogens is 304 g/mol. The van der Waals surface area contributed by atoms with Gasteiger partial charge < -0.3 is 14.7 Å². The maximum atomic E-state index is 12.1. The van der Waals surface area contributed by atoms with E-state index in [0.717, 1.165) is 18.4 Å². The lowest BCUT2D eigenvalue weighted by Gasteiger charge is -2.51. The van der Waals surface area contributed by atoms with Gasteiger partial charge in [-0.15, -0.1) is 0 Å². The van der Waals surface area contributed by atoms with Crippen molar-refractivity contribution in [1.29, 1.82) is 5.26 Å². The highest BCUT2D eigenvalue weighted by Crippen LogP contribution is 2.41. The average molecular weight is 326 g/mol. The second-order valence-corrected chi connectivity index (χ2v) is 6.33. The number of carbonyl (C=O) groups excluding carboxylic acids is 1. The second kappa shape index (κ2) is 7.16. The molecule has 0 aromatic heterocycles. The standard InChI is InChI=1S/C19H22N2O3/c1-24-12-18(23)21-16(10-20)19(17(21)11-22)15-8-6-14(7-9-15)13-4-2-3-5-13/h4,6-9,16-17,19,22H,2-3,5,11-12H2,1H3/t16-,17+,19+/m1/s1. The quantitative estimate of drug-likeness (QED) is 0.899. The molecule has 1 aliphatic carbocycles. The fourth-order valence-electron chi connectivity index (χ4n) is 3.80. The van der Waals surface area contributed by atoms with Gasteiger partial charge >= 0.3 is 0 Å². The number of ether oxygens (including phenoxy) is 1. The van der Waals surface area contributed by atoms with Crippen LogP contribution in [0.15, 0.2) is 30.3 Å². The van der Waals surface area contributed by atoms with E-state index >= 15 is 0 Å². The summed E-state index contributed by atoms with van der Waals surface area (Å²) in [7, 11) is 1.45. The molecule has 1 aromatic rings.